The molecule has 0 radical (unpaired) electrons. The second-order valence-corrected chi connectivity index (χ2v) is 10.4. The lowest BCUT2D eigenvalue weighted by Crippen LogP contribution is -2.34. The van der Waals surface area contributed by atoms with Crippen molar-refractivity contribution in [3.05, 3.63) is 23.9 Å². The van der Waals surface area contributed by atoms with Crippen molar-refractivity contribution < 1.29 is 18.4 Å². The van der Waals surface area contributed by atoms with Gasteiger partial charge < -0.3 is 4.90 Å². The maximum absolute atomic E-state index is 13.4. The van der Waals surface area contributed by atoms with E-state index in [1.807, 2.05) is 16.6 Å². The summed E-state index contributed by atoms with van der Waals surface area (Å²) >= 11 is 0. The average Bonchev–Trinajstić information content (AvgIpc) is 3.70. The molecular formula is C24H29F2N5O2. The molecule has 3 saturated carbocycles. The Morgan fingerprint density at radius 2 is 1.79 bits per heavy atom. The Labute approximate surface area is 190 Å². The van der Waals surface area contributed by atoms with Gasteiger partial charge in [0.25, 0.3) is 5.92 Å². The van der Waals surface area contributed by atoms with E-state index in [4.69, 9.17) is 0 Å². The van der Waals surface area contributed by atoms with E-state index < -0.39 is 11.8 Å². The number of amides is 2. The summed E-state index contributed by atoms with van der Waals surface area (Å²) in [7, 11) is 0. The molecule has 2 amide bonds. The highest BCUT2D eigenvalue weighted by molar-refractivity contribution is 5.92. The minimum absolute atomic E-state index is 0.00511. The van der Waals surface area contributed by atoms with Gasteiger partial charge in [0.15, 0.2) is 5.65 Å². The maximum Gasteiger partial charge on any atom is 0.260 e. The van der Waals surface area contributed by atoms with E-state index in [-0.39, 0.29) is 24.2 Å². The number of fused-ring (bicyclic) bond motifs is 2. The molecule has 1 aliphatic heterocycles. The molecule has 1 saturated heterocycles. The largest absolute Gasteiger partial charge is 0.342 e. The zero-order valence-electron chi connectivity index (χ0n) is 18.6. The second kappa shape index (κ2) is 7.74. The number of pyridine rings is 1. The first-order chi connectivity index (χ1) is 15.9. The highest BCUT2D eigenvalue weighted by Gasteiger charge is 2.62. The minimum atomic E-state index is -2.80. The van der Waals surface area contributed by atoms with Crippen molar-refractivity contribution >= 4 is 23.4 Å². The Balaban J connectivity index is 1.15. The lowest BCUT2D eigenvalue weighted by atomic mass is 9.71. The lowest BCUT2D eigenvalue weighted by molar-refractivity contribution is -0.134. The highest BCUT2D eigenvalue weighted by atomic mass is 19.3. The molecule has 6 rings (SSSR count). The average molecular weight is 458 g/mol. The molecule has 4 atom stereocenters. The molecule has 0 aromatic carbocycles. The topological polar surface area (TPSA) is 79.6 Å². The number of rotatable bonds is 4. The number of aromatic nitrogens is 3. The Morgan fingerprint density at radius 1 is 1.03 bits per heavy atom. The molecule has 4 aliphatic rings. The van der Waals surface area contributed by atoms with Crippen LogP contribution in [0.5, 0.6) is 0 Å². The van der Waals surface area contributed by atoms with Crippen LogP contribution in [0, 0.1) is 23.7 Å². The monoisotopic (exact) mass is 457 g/mol. The van der Waals surface area contributed by atoms with Crippen molar-refractivity contribution in [1.82, 2.24) is 19.5 Å². The number of carbonyl (C=O) groups excluding carboxylic acids is 2. The number of halogens is 2. The Morgan fingerprint density at radius 3 is 2.52 bits per heavy atom. The van der Waals surface area contributed by atoms with Crippen LogP contribution in [0.1, 0.15) is 63.0 Å². The van der Waals surface area contributed by atoms with Gasteiger partial charge in [-0.25, -0.2) is 13.3 Å². The van der Waals surface area contributed by atoms with Gasteiger partial charge in [-0.1, -0.05) is 6.07 Å². The van der Waals surface area contributed by atoms with E-state index in [1.165, 1.54) is 0 Å². The molecule has 9 heteroatoms. The van der Waals surface area contributed by atoms with Gasteiger partial charge in [-0.15, -0.1) is 5.10 Å². The predicted molar refractivity (Wildman–Crippen MR) is 117 cm³/mol. The molecule has 7 nitrogen and oxygen atoms in total. The standard InChI is InChI=1S/C24H29F2N5O2/c25-24(26)13-18(24)22(33)30-10-8-14-4-7-17(12-16(14)9-11-30)19-2-1-3-20-27-23(29-31(19)20)28-21(32)15-5-6-15/h1-3,14-18H,4-13H2,(H,28,29,32)/t14?,16?,17?,18-/m0/s1. The molecule has 0 spiro atoms. The summed E-state index contributed by atoms with van der Waals surface area (Å²) in [5.41, 5.74) is 1.82. The molecule has 2 aromatic rings. The number of likely N-dealkylation sites (tertiary alicyclic amines) is 1. The fraction of sp³-hybridized carbons (Fsp3) is 0.667. The van der Waals surface area contributed by atoms with Crippen molar-refractivity contribution in [3.8, 4) is 0 Å². The van der Waals surface area contributed by atoms with Crippen LogP contribution in [0.3, 0.4) is 0 Å². The van der Waals surface area contributed by atoms with Gasteiger partial charge in [-0.3, -0.25) is 14.9 Å². The number of anilines is 1. The summed E-state index contributed by atoms with van der Waals surface area (Å²) in [6.45, 7) is 1.17. The summed E-state index contributed by atoms with van der Waals surface area (Å²) in [4.78, 5) is 30.8. The summed E-state index contributed by atoms with van der Waals surface area (Å²) in [6, 6.07) is 5.97. The summed E-state index contributed by atoms with van der Waals surface area (Å²) < 4.78 is 28.6. The maximum atomic E-state index is 13.4. The van der Waals surface area contributed by atoms with E-state index in [1.54, 1.807) is 4.90 Å². The third-order valence-corrected chi connectivity index (χ3v) is 8.11. The van der Waals surface area contributed by atoms with Crippen molar-refractivity contribution in [2.24, 2.45) is 23.7 Å². The van der Waals surface area contributed by atoms with Crippen LogP contribution in [0.2, 0.25) is 0 Å². The SMILES string of the molecule is O=C(Nc1nc2cccc(C3CCC4CCN(C(=O)[C@@H]5CC5(F)F)CCC4C3)n2n1)C1CC1. The fourth-order valence-electron chi connectivity index (χ4n) is 5.85. The summed E-state index contributed by atoms with van der Waals surface area (Å²) in [5, 5.41) is 7.42. The minimum Gasteiger partial charge on any atom is -0.342 e. The Bertz CT molecular complexity index is 1100. The first-order valence-electron chi connectivity index (χ1n) is 12.2. The molecular weight excluding hydrogens is 428 g/mol. The van der Waals surface area contributed by atoms with Crippen LogP contribution in [0.25, 0.3) is 5.65 Å². The van der Waals surface area contributed by atoms with Gasteiger partial charge in [-0.05, 0) is 68.9 Å². The van der Waals surface area contributed by atoms with Crippen LogP contribution in [-0.4, -0.2) is 50.3 Å². The number of carbonyl (C=O) groups is 2. The van der Waals surface area contributed by atoms with E-state index >= 15 is 0 Å². The highest BCUT2D eigenvalue weighted by Crippen LogP contribution is 2.50. The molecule has 3 aliphatic carbocycles. The van der Waals surface area contributed by atoms with Gasteiger partial charge in [0, 0.05) is 37.0 Å². The van der Waals surface area contributed by atoms with Crippen LogP contribution in [0.15, 0.2) is 18.2 Å². The third kappa shape index (κ3) is 3.99. The van der Waals surface area contributed by atoms with E-state index in [9.17, 15) is 18.4 Å². The van der Waals surface area contributed by atoms with Crippen LogP contribution in [0.4, 0.5) is 14.7 Å². The normalized spacial score (nSPS) is 31.0. The Kier molecular flexibility index (Phi) is 4.92. The molecule has 1 N–H and O–H groups in total. The predicted octanol–water partition coefficient (Wildman–Crippen LogP) is 3.86. The van der Waals surface area contributed by atoms with Crippen molar-refractivity contribution in [2.45, 2.75) is 63.2 Å². The van der Waals surface area contributed by atoms with Gasteiger partial charge in [0.1, 0.15) is 5.92 Å². The van der Waals surface area contributed by atoms with Crippen LogP contribution < -0.4 is 5.32 Å². The first-order valence-corrected chi connectivity index (χ1v) is 12.2. The van der Waals surface area contributed by atoms with Crippen molar-refractivity contribution in [2.75, 3.05) is 18.4 Å². The lowest BCUT2D eigenvalue weighted by Gasteiger charge is -2.35. The molecule has 176 valence electrons. The molecule has 3 heterocycles. The van der Waals surface area contributed by atoms with Gasteiger partial charge in [0.05, 0.1) is 0 Å². The second-order valence-electron chi connectivity index (χ2n) is 10.4. The molecule has 2 aromatic heterocycles. The number of nitrogens with one attached hydrogen (secondary N) is 1. The molecule has 0 bridgehead atoms. The van der Waals surface area contributed by atoms with E-state index in [0.29, 0.717) is 36.8 Å². The summed E-state index contributed by atoms with van der Waals surface area (Å²) in [5.74, 6) is -2.49. The number of hydrogen-bond acceptors (Lipinski definition) is 4. The smallest absolute Gasteiger partial charge is 0.260 e. The third-order valence-electron chi connectivity index (χ3n) is 8.11. The molecule has 33 heavy (non-hydrogen) atoms. The summed E-state index contributed by atoms with van der Waals surface area (Å²) in [6.07, 6.45) is 6.42. The number of alkyl halides is 2. The molecule has 3 unspecified atom stereocenters. The van der Waals surface area contributed by atoms with E-state index in [2.05, 4.69) is 21.5 Å². The van der Waals surface area contributed by atoms with Crippen LogP contribution in [-0.2, 0) is 9.59 Å². The Hall–Kier alpha value is -2.58. The zero-order chi connectivity index (χ0) is 22.7. The molecule has 4 fully saturated rings. The van der Waals surface area contributed by atoms with E-state index in [0.717, 1.165) is 56.3 Å². The first kappa shape index (κ1) is 21.0. The quantitative estimate of drug-likeness (QED) is 0.756. The van der Waals surface area contributed by atoms with Crippen LogP contribution >= 0.6 is 0 Å². The fourth-order valence-corrected chi connectivity index (χ4v) is 5.85. The van der Waals surface area contributed by atoms with Gasteiger partial charge in [0.2, 0.25) is 17.8 Å². The zero-order valence-corrected chi connectivity index (χ0v) is 18.6. The number of hydrogen-bond donors (Lipinski definition) is 1. The van der Waals surface area contributed by atoms with Crippen molar-refractivity contribution in [1.29, 1.82) is 0 Å². The number of nitrogens with zero attached hydrogens (tertiary/aromatic N) is 4. The van der Waals surface area contributed by atoms with Gasteiger partial charge in [-0.2, -0.15) is 4.98 Å². The van der Waals surface area contributed by atoms with Crippen molar-refractivity contribution in [3.63, 3.8) is 0 Å². The van der Waals surface area contributed by atoms with Gasteiger partial charge >= 0.3 is 0 Å².